The molecular formula is C22H26FN3O3. The maximum absolute atomic E-state index is 12.9. The fraction of sp³-hybridized carbons (Fsp3) is 0.364. The van der Waals surface area contributed by atoms with E-state index in [1.807, 2.05) is 17.0 Å². The highest BCUT2D eigenvalue weighted by Gasteiger charge is 2.18. The van der Waals surface area contributed by atoms with Crippen LogP contribution in [0.4, 0.5) is 10.1 Å². The molecule has 0 atom stereocenters. The van der Waals surface area contributed by atoms with E-state index in [2.05, 4.69) is 10.6 Å². The molecule has 1 saturated heterocycles. The van der Waals surface area contributed by atoms with Gasteiger partial charge < -0.3 is 20.3 Å². The lowest BCUT2D eigenvalue weighted by molar-refractivity contribution is -0.132. The molecule has 0 bridgehead atoms. The molecule has 1 aliphatic heterocycles. The van der Waals surface area contributed by atoms with Gasteiger partial charge in [-0.2, -0.15) is 0 Å². The smallest absolute Gasteiger partial charge is 0.260 e. The first-order valence-corrected chi connectivity index (χ1v) is 9.86. The van der Waals surface area contributed by atoms with Crippen LogP contribution in [0.3, 0.4) is 0 Å². The molecular weight excluding hydrogens is 373 g/mol. The van der Waals surface area contributed by atoms with Crippen molar-refractivity contribution in [1.82, 2.24) is 10.2 Å². The lowest BCUT2D eigenvalue weighted by atomic mass is 10.1. The molecule has 29 heavy (non-hydrogen) atoms. The maximum Gasteiger partial charge on any atom is 0.260 e. The predicted molar refractivity (Wildman–Crippen MR) is 109 cm³/mol. The summed E-state index contributed by atoms with van der Waals surface area (Å²) in [6.07, 6.45) is 2.74. The van der Waals surface area contributed by atoms with Crippen LogP contribution in [0.2, 0.25) is 0 Å². The minimum absolute atomic E-state index is 0.00129. The van der Waals surface area contributed by atoms with Crippen molar-refractivity contribution in [1.29, 1.82) is 0 Å². The summed E-state index contributed by atoms with van der Waals surface area (Å²) in [4.78, 5) is 25.9. The van der Waals surface area contributed by atoms with Crippen LogP contribution in [0.15, 0.2) is 48.5 Å². The molecule has 1 aliphatic rings. The van der Waals surface area contributed by atoms with Crippen molar-refractivity contribution in [3.8, 4) is 5.75 Å². The summed E-state index contributed by atoms with van der Waals surface area (Å²) in [5.74, 6) is 0.178. The number of carbonyl (C=O) groups excluding carboxylic acids is 2. The number of likely N-dealkylation sites (tertiary alicyclic amines) is 1. The lowest BCUT2D eigenvalue weighted by Gasteiger charge is -2.16. The fourth-order valence-electron chi connectivity index (χ4n) is 3.14. The van der Waals surface area contributed by atoms with Crippen molar-refractivity contribution in [3.05, 3.63) is 59.9 Å². The molecule has 2 N–H and O–H groups in total. The standard InChI is InChI=1S/C22H26FN3O3/c23-18-8-6-17(7-9-18)10-11-24-21(27)15-25-19-4-3-5-20(14-19)29-16-22(28)26-12-1-2-13-26/h3-9,14,25H,1-2,10-13,15-16H2,(H,24,27). The van der Waals surface area contributed by atoms with Crippen molar-refractivity contribution >= 4 is 17.5 Å². The van der Waals surface area contributed by atoms with Crippen molar-refractivity contribution in [2.75, 3.05) is 38.1 Å². The Bertz CT molecular complexity index is 820. The van der Waals surface area contributed by atoms with Gasteiger partial charge in [0.1, 0.15) is 11.6 Å². The number of hydrogen-bond donors (Lipinski definition) is 2. The molecule has 2 aromatic carbocycles. The van der Waals surface area contributed by atoms with E-state index in [0.717, 1.165) is 37.2 Å². The number of rotatable bonds is 9. The van der Waals surface area contributed by atoms with Crippen LogP contribution >= 0.6 is 0 Å². The molecule has 0 saturated carbocycles. The Balaban J connectivity index is 1.37. The van der Waals surface area contributed by atoms with Gasteiger partial charge in [-0.1, -0.05) is 18.2 Å². The van der Waals surface area contributed by atoms with E-state index in [1.165, 1.54) is 12.1 Å². The Labute approximate surface area is 170 Å². The number of nitrogens with zero attached hydrogens (tertiary/aromatic N) is 1. The first-order valence-electron chi connectivity index (χ1n) is 9.86. The zero-order valence-corrected chi connectivity index (χ0v) is 16.3. The Morgan fingerprint density at radius 1 is 1.07 bits per heavy atom. The molecule has 1 heterocycles. The number of hydrogen-bond acceptors (Lipinski definition) is 4. The molecule has 0 radical (unpaired) electrons. The molecule has 0 aromatic heterocycles. The maximum atomic E-state index is 12.9. The third-order valence-corrected chi connectivity index (χ3v) is 4.76. The molecule has 2 aromatic rings. The molecule has 0 aliphatic carbocycles. The SMILES string of the molecule is O=C(CNc1cccc(OCC(=O)N2CCCC2)c1)NCCc1ccc(F)cc1. The van der Waals surface area contributed by atoms with E-state index in [0.29, 0.717) is 18.7 Å². The molecule has 2 amide bonds. The van der Waals surface area contributed by atoms with Gasteiger partial charge in [-0.05, 0) is 49.1 Å². The summed E-state index contributed by atoms with van der Waals surface area (Å²) >= 11 is 0. The summed E-state index contributed by atoms with van der Waals surface area (Å²) in [7, 11) is 0. The Morgan fingerprint density at radius 2 is 1.83 bits per heavy atom. The zero-order chi connectivity index (χ0) is 20.5. The number of anilines is 1. The predicted octanol–water partition coefficient (Wildman–Crippen LogP) is 2.60. The van der Waals surface area contributed by atoms with Crippen LogP contribution < -0.4 is 15.4 Å². The van der Waals surface area contributed by atoms with Crippen LogP contribution in [-0.2, 0) is 16.0 Å². The van der Waals surface area contributed by atoms with Gasteiger partial charge >= 0.3 is 0 Å². The van der Waals surface area contributed by atoms with Crippen LogP contribution in [-0.4, -0.2) is 49.5 Å². The Hall–Kier alpha value is -3.09. The largest absolute Gasteiger partial charge is 0.484 e. The lowest BCUT2D eigenvalue weighted by Crippen LogP contribution is -2.32. The Morgan fingerprint density at radius 3 is 2.59 bits per heavy atom. The third kappa shape index (κ3) is 6.78. The van der Waals surface area contributed by atoms with E-state index >= 15 is 0 Å². The summed E-state index contributed by atoms with van der Waals surface area (Å²) in [6, 6.07) is 13.4. The van der Waals surface area contributed by atoms with Gasteiger partial charge in [-0.15, -0.1) is 0 Å². The number of ether oxygens (including phenoxy) is 1. The average molecular weight is 399 g/mol. The van der Waals surface area contributed by atoms with Crippen molar-refractivity contribution < 1.29 is 18.7 Å². The topological polar surface area (TPSA) is 70.7 Å². The normalized spacial score (nSPS) is 13.2. The van der Waals surface area contributed by atoms with Crippen molar-refractivity contribution in [2.24, 2.45) is 0 Å². The monoisotopic (exact) mass is 399 g/mol. The van der Waals surface area contributed by atoms with Gasteiger partial charge in [0.05, 0.1) is 6.54 Å². The van der Waals surface area contributed by atoms with E-state index in [4.69, 9.17) is 4.74 Å². The van der Waals surface area contributed by atoms with E-state index in [1.54, 1.807) is 24.3 Å². The number of carbonyl (C=O) groups is 2. The summed E-state index contributed by atoms with van der Waals surface area (Å²) in [6.45, 7) is 2.24. The third-order valence-electron chi connectivity index (χ3n) is 4.76. The van der Waals surface area contributed by atoms with E-state index in [9.17, 15) is 14.0 Å². The molecule has 1 fully saturated rings. The van der Waals surface area contributed by atoms with Gasteiger partial charge in [-0.3, -0.25) is 9.59 Å². The van der Waals surface area contributed by atoms with Gasteiger partial charge in [-0.25, -0.2) is 4.39 Å². The van der Waals surface area contributed by atoms with E-state index in [-0.39, 0.29) is 30.8 Å². The summed E-state index contributed by atoms with van der Waals surface area (Å²) < 4.78 is 18.5. The van der Waals surface area contributed by atoms with Gasteiger partial charge in [0.25, 0.3) is 5.91 Å². The van der Waals surface area contributed by atoms with Crippen LogP contribution in [0.5, 0.6) is 5.75 Å². The summed E-state index contributed by atoms with van der Waals surface area (Å²) in [5, 5.41) is 5.87. The summed E-state index contributed by atoms with van der Waals surface area (Å²) in [5.41, 5.74) is 1.71. The second kappa shape index (κ2) is 10.5. The molecule has 0 unspecified atom stereocenters. The van der Waals surface area contributed by atoms with Crippen LogP contribution in [0, 0.1) is 5.82 Å². The quantitative estimate of drug-likeness (QED) is 0.680. The molecule has 7 heteroatoms. The molecule has 0 spiro atoms. The van der Waals surface area contributed by atoms with Gasteiger partial charge in [0.2, 0.25) is 5.91 Å². The highest BCUT2D eigenvalue weighted by atomic mass is 19.1. The first kappa shape index (κ1) is 20.6. The molecule has 6 nitrogen and oxygen atoms in total. The first-order chi connectivity index (χ1) is 14.1. The average Bonchev–Trinajstić information content (AvgIpc) is 3.27. The van der Waals surface area contributed by atoms with Crippen molar-refractivity contribution in [3.63, 3.8) is 0 Å². The molecule has 3 rings (SSSR count). The second-order valence-corrected chi connectivity index (χ2v) is 6.98. The van der Waals surface area contributed by atoms with Crippen LogP contribution in [0.1, 0.15) is 18.4 Å². The highest BCUT2D eigenvalue weighted by Crippen LogP contribution is 2.17. The van der Waals surface area contributed by atoms with Crippen molar-refractivity contribution in [2.45, 2.75) is 19.3 Å². The van der Waals surface area contributed by atoms with Crippen LogP contribution in [0.25, 0.3) is 0 Å². The van der Waals surface area contributed by atoms with Gasteiger partial charge in [0, 0.05) is 31.4 Å². The number of nitrogens with one attached hydrogen (secondary N) is 2. The fourth-order valence-corrected chi connectivity index (χ4v) is 3.14. The number of halogens is 1. The minimum Gasteiger partial charge on any atom is -0.484 e. The second-order valence-electron chi connectivity index (χ2n) is 6.98. The molecule has 154 valence electrons. The number of amides is 2. The highest BCUT2D eigenvalue weighted by molar-refractivity contribution is 5.80. The minimum atomic E-state index is -0.270. The Kier molecular flexibility index (Phi) is 7.44. The number of benzene rings is 2. The van der Waals surface area contributed by atoms with Gasteiger partial charge in [0.15, 0.2) is 6.61 Å². The van der Waals surface area contributed by atoms with E-state index < -0.39 is 0 Å². The zero-order valence-electron chi connectivity index (χ0n) is 16.3.